The van der Waals surface area contributed by atoms with Gasteiger partial charge in [-0.15, -0.1) is 0 Å². The van der Waals surface area contributed by atoms with Crippen LogP contribution in [0.2, 0.25) is 0 Å². The Balaban J connectivity index is 2.62. The zero-order chi connectivity index (χ0) is 11.0. The Hall–Kier alpha value is -1.77. The first-order valence-corrected chi connectivity index (χ1v) is 4.97. The molecule has 2 aromatic rings. The Bertz CT molecular complexity index is 498. The lowest BCUT2D eigenvalue weighted by Crippen LogP contribution is -2.03. The van der Waals surface area contributed by atoms with Crippen LogP contribution in [0.1, 0.15) is 17.0 Å². The zero-order valence-corrected chi connectivity index (χ0v) is 9.28. The Labute approximate surface area is 89.5 Å². The minimum Gasteiger partial charge on any atom is -0.397 e. The normalized spacial score (nSPS) is 10.6. The van der Waals surface area contributed by atoms with Gasteiger partial charge in [-0.2, -0.15) is 5.10 Å². The summed E-state index contributed by atoms with van der Waals surface area (Å²) in [6.45, 7) is 6.06. The van der Waals surface area contributed by atoms with Crippen molar-refractivity contribution in [3.63, 3.8) is 0 Å². The van der Waals surface area contributed by atoms with Crippen molar-refractivity contribution in [2.45, 2.75) is 20.8 Å². The highest BCUT2D eigenvalue weighted by Gasteiger charge is 2.06. The Morgan fingerprint density at radius 3 is 2.47 bits per heavy atom. The molecule has 0 bridgehead atoms. The minimum absolute atomic E-state index is 0.756. The van der Waals surface area contributed by atoms with Gasteiger partial charge in [0.2, 0.25) is 0 Å². The molecule has 0 radical (unpaired) electrons. The highest BCUT2D eigenvalue weighted by atomic mass is 15.3. The number of hydrogen-bond donors (Lipinski definition) is 1. The average Bonchev–Trinajstić information content (AvgIpc) is 2.50. The van der Waals surface area contributed by atoms with E-state index in [1.807, 2.05) is 36.7 Å². The third kappa shape index (κ3) is 1.73. The van der Waals surface area contributed by atoms with Crippen LogP contribution in [0.4, 0.5) is 5.69 Å². The number of benzene rings is 1. The second kappa shape index (κ2) is 3.42. The van der Waals surface area contributed by atoms with E-state index in [2.05, 4.69) is 18.1 Å². The summed E-state index contributed by atoms with van der Waals surface area (Å²) in [5.41, 5.74) is 11.0. The summed E-state index contributed by atoms with van der Waals surface area (Å²) in [4.78, 5) is 0. The Kier molecular flexibility index (Phi) is 2.23. The predicted octanol–water partition coefficient (Wildman–Crippen LogP) is 2.38. The van der Waals surface area contributed by atoms with Gasteiger partial charge in [-0.3, -0.25) is 0 Å². The summed E-state index contributed by atoms with van der Waals surface area (Å²) in [5.74, 6) is 0. The number of nitrogen functional groups attached to an aromatic ring is 1. The molecule has 0 unspecified atom stereocenters. The van der Waals surface area contributed by atoms with E-state index in [4.69, 9.17) is 5.73 Å². The van der Waals surface area contributed by atoms with Crippen molar-refractivity contribution in [1.29, 1.82) is 0 Å². The van der Waals surface area contributed by atoms with Gasteiger partial charge in [0.15, 0.2) is 0 Å². The van der Waals surface area contributed by atoms with Crippen LogP contribution < -0.4 is 5.73 Å². The first-order chi connectivity index (χ1) is 7.08. The maximum absolute atomic E-state index is 5.94. The van der Waals surface area contributed by atoms with Crippen LogP contribution in [0.3, 0.4) is 0 Å². The van der Waals surface area contributed by atoms with Crippen molar-refractivity contribution in [2.75, 3.05) is 5.73 Å². The molecule has 0 amide bonds. The molecule has 3 heteroatoms. The lowest BCUT2D eigenvalue weighted by atomic mass is 10.2. The quantitative estimate of drug-likeness (QED) is 0.720. The number of hydrogen-bond acceptors (Lipinski definition) is 2. The van der Waals surface area contributed by atoms with E-state index in [9.17, 15) is 0 Å². The largest absolute Gasteiger partial charge is 0.397 e. The van der Waals surface area contributed by atoms with E-state index in [0.29, 0.717) is 0 Å². The van der Waals surface area contributed by atoms with E-state index in [-0.39, 0.29) is 0 Å². The van der Waals surface area contributed by atoms with Crippen LogP contribution in [0.15, 0.2) is 24.3 Å². The van der Waals surface area contributed by atoms with Gasteiger partial charge in [0, 0.05) is 5.69 Å². The Morgan fingerprint density at radius 1 is 1.13 bits per heavy atom. The summed E-state index contributed by atoms with van der Waals surface area (Å²) in [6, 6.07) is 8.02. The molecule has 78 valence electrons. The van der Waals surface area contributed by atoms with E-state index < -0.39 is 0 Å². The third-order valence-corrected chi connectivity index (χ3v) is 2.42. The highest BCUT2D eigenvalue weighted by Crippen LogP contribution is 2.20. The van der Waals surface area contributed by atoms with Crippen molar-refractivity contribution < 1.29 is 0 Å². The van der Waals surface area contributed by atoms with Gasteiger partial charge < -0.3 is 5.73 Å². The maximum Gasteiger partial charge on any atom is 0.0880 e. The average molecular weight is 201 g/mol. The van der Waals surface area contributed by atoms with Crippen molar-refractivity contribution >= 4 is 5.69 Å². The number of aryl methyl sites for hydroxylation is 3. The molecule has 15 heavy (non-hydrogen) atoms. The fraction of sp³-hybridized carbons (Fsp3) is 0.250. The molecule has 0 atom stereocenters. The molecule has 0 aliphatic carbocycles. The van der Waals surface area contributed by atoms with Crippen LogP contribution in [-0.2, 0) is 0 Å². The van der Waals surface area contributed by atoms with E-state index in [1.165, 1.54) is 5.56 Å². The van der Waals surface area contributed by atoms with Crippen molar-refractivity contribution in [1.82, 2.24) is 9.78 Å². The van der Waals surface area contributed by atoms with Gasteiger partial charge in [-0.1, -0.05) is 6.07 Å². The molecule has 1 aromatic carbocycles. The van der Waals surface area contributed by atoms with Crippen molar-refractivity contribution in [3.05, 3.63) is 41.2 Å². The van der Waals surface area contributed by atoms with Crippen LogP contribution in [0, 0.1) is 20.8 Å². The molecule has 0 saturated carbocycles. The molecule has 0 aliphatic rings. The molecule has 1 aromatic heterocycles. The number of nitrogens with zero attached hydrogens (tertiary/aromatic N) is 2. The van der Waals surface area contributed by atoms with Crippen molar-refractivity contribution in [3.8, 4) is 5.69 Å². The van der Waals surface area contributed by atoms with Gasteiger partial charge in [0.1, 0.15) is 0 Å². The van der Waals surface area contributed by atoms with Gasteiger partial charge in [0.25, 0.3) is 0 Å². The number of nitrogens with two attached hydrogens (primary N) is 1. The Morgan fingerprint density at radius 2 is 1.87 bits per heavy atom. The summed E-state index contributed by atoms with van der Waals surface area (Å²) in [5, 5.41) is 4.42. The smallest absolute Gasteiger partial charge is 0.0880 e. The standard InChI is InChI=1S/C12H15N3/c1-8-4-5-11(13)12(6-8)15-10(3)7-9(2)14-15/h4-7H,13H2,1-3H3. The lowest BCUT2D eigenvalue weighted by Gasteiger charge is -2.08. The van der Waals surface area contributed by atoms with E-state index in [0.717, 1.165) is 22.8 Å². The number of aromatic nitrogens is 2. The minimum atomic E-state index is 0.756. The van der Waals surface area contributed by atoms with E-state index in [1.54, 1.807) is 0 Å². The lowest BCUT2D eigenvalue weighted by molar-refractivity contribution is 0.835. The summed E-state index contributed by atoms with van der Waals surface area (Å²) in [6.07, 6.45) is 0. The van der Waals surface area contributed by atoms with Gasteiger partial charge in [-0.05, 0) is 44.5 Å². The highest BCUT2D eigenvalue weighted by molar-refractivity contribution is 5.59. The first kappa shape index (κ1) is 9.77. The molecule has 1 heterocycles. The van der Waals surface area contributed by atoms with E-state index >= 15 is 0 Å². The summed E-state index contributed by atoms with van der Waals surface area (Å²) < 4.78 is 1.89. The van der Waals surface area contributed by atoms with Gasteiger partial charge in [-0.25, -0.2) is 4.68 Å². The third-order valence-electron chi connectivity index (χ3n) is 2.42. The molecule has 0 aliphatic heterocycles. The predicted molar refractivity (Wildman–Crippen MR) is 62.2 cm³/mol. The van der Waals surface area contributed by atoms with Crippen LogP contribution in [0.5, 0.6) is 0 Å². The molecule has 2 rings (SSSR count). The fourth-order valence-electron chi connectivity index (χ4n) is 1.71. The molecular formula is C12H15N3. The van der Waals surface area contributed by atoms with Crippen LogP contribution >= 0.6 is 0 Å². The molecule has 0 saturated heterocycles. The summed E-state index contributed by atoms with van der Waals surface area (Å²) in [7, 11) is 0. The number of anilines is 1. The number of rotatable bonds is 1. The first-order valence-electron chi connectivity index (χ1n) is 4.97. The molecule has 0 fully saturated rings. The fourth-order valence-corrected chi connectivity index (χ4v) is 1.71. The molecule has 3 nitrogen and oxygen atoms in total. The monoisotopic (exact) mass is 201 g/mol. The SMILES string of the molecule is Cc1ccc(N)c(-n2nc(C)cc2C)c1. The molecule has 0 spiro atoms. The van der Waals surface area contributed by atoms with Gasteiger partial charge in [0.05, 0.1) is 17.1 Å². The summed E-state index contributed by atoms with van der Waals surface area (Å²) >= 11 is 0. The molecule has 2 N–H and O–H groups in total. The second-order valence-electron chi connectivity index (χ2n) is 3.90. The van der Waals surface area contributed by atoms with Crippen LogP contribution in [0.25, 0.3) is 5.69 Å². The van der Waals surface area contributed by atoms with Crippen molar-refractivity contribution in [2.24, 2.45) is 0 Å². The van der Waals surface area contributed by atoms with Crippen LogP contribution in [-0.4, -0.2) is 9.78 Å². The second-order valence-corrected chi connectivity index (χ2v) is 3.90. The topological polar surface area (TPSA) is 43.8 Å². The maximum atomic E-state index is 5.94. The zero-order valence-electron chi connectivity index (χ0n) is 9.28. The molecular weight excluding hydrogens is 186 g/mol. The van der Waals surface area contributed by atoms with Gasteiger partial charge >= 0.3 is 0 Å².